The molecule has 0 aliphatic carbocycles. The Morgan fingerprint density at radius 3 is 2.51 bits per heavy atom. The first-order valence-electron chi connectivity index (χ1n) is 13.8. The Morgan fingerprint density at radius 1 is 1.20 bits per heavy atom. The number of benzene rings is 1. The van der Waals surface area contributed by atoms with E-state index in [2.05, 4.69) is 22.2 Å². The van der Waals surface area contributed by atoms with E-state index in [9.17, 15) is 22.8 Å². The molecule has 1 N–H and O–H groups in total. The minimum absolute atomic E-state index is 0.00730. The van der Waals surface area contributed by atoms with Crippen LogP contribution in [-0.4, -0.2) is 103 Å². The van der Waals surface area contributed by atoms with Gasteiger partial charge in [-0.25, -0.2) is 4.98 Å². The maximum Gasteiger partial charge on any atom is 0.407 e. The fourth-order valence-corrected chi connectivity index (χ4v) is 6.95. The molecule has 0 spiro atoms. The maximum absolute atomic E-state index is 14.4. The number of nitrogens with one attached hydrogen (secondary N) is 1. The van der Waals surface area contributed by atoms with Crippen molar-refractivity contribution in [3.8, 4) is 11.3 Å². The van der Waals surface area contributed by atoms with Crippen LogP contribution in [0.5, 0.6) is 0 Å². The number of aromatic nitrogens is 1. The molecule has 5 unspecified atom stereocenters. The number of carbonyl (C=O) groups is 2. The predicted molar refractivity (Wildman–Crippen MR) is 152 cm³/mol. The SMILES string of the molecule is CC(C)CC(NC(c1ccc(-c2csc(N3CCN(C)CC3)n2)cc1)C(F)(F)F)C(=O)N1CC(Cl)C2OCC(=O)C21. The first-order chi connectivity index (χ1) is 19.4. The second-order valence-corrected chi connectivity index (χ2v) is 12.8. The number of ether oxygens (including phenoxy) is 1. The van der Waals surface area contributed by atoms with Gasteiger partial charge in [-0.1, -0.05) is 38.1 Å². The molecule has 8 nitrogen and oxygen atoms in total. The highest BCUT2D eigenvalue weighted by Crippen LogP contribution is 2.37. The fraction of sp³-hybridized carbons (Fsp3) is 0.607. The molecule has 5 rings (SSSR count). The van der Waals surface area contributed by atoms with Crippen molar-refractivity contribution in [1.29, 1.82) is 0 Å². The van der Waals surface area contributed by atoms with E-state index in [1.807, 2.05) is 19.2 Å². The van der Waals surface area contributed by atoms with Crippen LogP contribution in [0.4, 0.5) is 18.3 Å². The molecule has 1 amide bonds. The summed E-state index contributed by atoms with van der Waals surface area (Å²) >= 11 is 7.86. The largest absolute Gasteiger partial charge is 0.407 e. The third kappa shape index (κ3) is 6.56. The number of alkyl halides is 4. The van der Waals surface area contributed by atoms with Crippen molar-refractivity contribution < 1.29 is 27.5 Å². The van der Waals surface area contributed by atoms with E-state index in [1.54, 1.807) is 12.1 Å². The van der Waals surface area contributed by atoms with Crippen molar-refractivity contribution in [2.24, 2.45) is 5.92 Å². The number of fused-ring (bicyclic) bond motifs is 1. The molecule has 224 valence electrons. The van der Waals surface area contributed by atoms with Crippen LogP contribution in [-0.2, 0) is 14.3 Å². The number of likely N-dealkylation sites (tertiary alicyclic amines) is 1. The third-order valence-electron chi connectivity index (χ3n) is 7.91. The third-order valence-corrected chi connectivity index (χ3v) is 9.20. The first-order valence-corrected chi connectivity index (χ1v) is 15.1. The predicted octanol–water partition coefficient (Wildman–Crippen LogP) is 3.96. The number of thiazole rings is 1. The lowest BCUT2D eigenvalue weighted by Gasteiger charge is -2.32. The summed E-state index contributed by atoms with van der Waals surface area (Å²) < 4.78 is 48.8. The quantitative estimate of drug-likeness (QED) is 0.452. The Labute approximate surface area is 246 Å². The number of Topliss-reactive ketones (excluding diaryl/α,β-unsaturated/α-hetero) is 1. The lowest BCUT2D eigenvalue weighted by molar-refractivity contribution is -0.163. The van der Waals surface area contributed by atoms with Crippen molar-refractivity contribution in [2.45, 2.75) is 56.1 Å². The van der Waals surface area contributed by atoms with Gasteiger partial charge in [-0.05, 0) is 24.9 Å². The van der Waals surface area contributed by atoms with Crippen LogP contribution in [0.15, 0.2) is 29.6 Å². The molecule has 0 saturated carbocycles. The van der Waals surface area contributed by atoms with E-state index in [4.69, 9.17) is 21.3 Å². The number of ketones is 1. The topological polar surface area (TPSA) is 78.0 Å². The molecule has 3 saturated heterocycles. The summed E-state index contributed by atoms with van der Waals surface area (Å²) in [7, 11) is 2.08. The molecular weight excluding hydrogens is 579 g/mol. The number of halogens is 4. The zero-order valence-corrected chi connectivity index (χ0v) is 24.8. The van der Waals surface area contributed by atoms with Gasteiger partial charge in [0.05, 0.1) is 17.1 Å². The van der Waals surface area contributed by atoms with Crippen molar-refractivity contribution in [2.75, 3.05) is 51.3 Å². The normalized spacial score (nSPS) is 25.2. The number of piperazine rings is 1. The van der Waals surface area contributed by atoms with Gasteiger partial charge in [0, 0.05) is 43.7 Å². The highest BCUT2D eigenvalue weighted by atomic mass is 35.5. The van der Waals surface area contributed by atoms with E-state index in [0.29, 0.717) is 5.69 Å². The minimum Gasteiger partial charge on any atom is -0.366 e. The summed E-state index contributed by atoms with van der Waals surface area (Å²) in [5, 5.41) is 4.83. The number of anilines is 1. The number of likely N-dealkylation sites (N-methyl/N-ethyl adjacent to an activating group) is 1. The van der Waals surface area contributed by atoms with Crippen LogP contribution in [0, 0.1) is 5.92 Å². The Morgan fingerprint density at radius 2 is 1.88 bits per heavy atom. The number of nitrogens with zero attached hydrogens (tertiary/aromatic N) is 4. The monoisotopic (exact) mass is 613 g/mol. The second-order valence-electron chi connectivity index (χ2n) is 11.4. The van der Waals surface area contributed by atoms with Crippen LogP contribution in [0.2, 0.25) is 0 Å². The van der Waals surface area contributed by atoms with Crippen LogP contribution in [0.3, 0.4) is 0 Å². The minimum atomic E-state index is -4.67. The summed E-state index contributed by atoms with van der Waals surface area (Å²) in [6, 6.07) is 2.02. The summed E-state index contributed by atoms with van der Waals surface area (Å²) in [5.74, 6) is -0.927. The molecule has 0 bridgehead atoms. The van der Waals surface area contributed by atoms with Crippen molar-refractivity contribution >= 4 is 39.8 Å². The number of hydrogen-bond donors (Lipinski definition) is 1. The number of amides is 1. The van der Waals surface area contributed by atoms with Crippen LogP contribution in [0.1, 0.15) is 31.9 Å². The summed E-state index contributed by atoms with van der Waals surface area (Å²) in [5.41, 5.74) is 1.42. The maximum atomic E-state index is 14.4. The van der Waals surface area contributed by atoms with Crippen LogP contribution < -0.4 is 10.2 Å². The molecule has 4 heterocycles. The van der Waals surface area contributed by atoms with Gasteiger partial charge >= 0.3 is 6.18 Å². The lowest BCUT2D eigenvalue weighted by atomic mass is 9.98. The van der Waals surface area contributed by atoms with E-state index >= 15 is 0 Å². The lowest BCUT2D eigenvalue weighted by Crippen LogP contribution is -2.53. The Kier molecular flexibility index (Phi) is 8.96. The average Bonchev–Trinajstić information content (AvgIpc) is 3.64. The first kappa shape index (κ1) is 30.2. The van der Waals surface area contributed by atoms with Crippen LogP contribution >= 0.6 is 22.9 Å². The molecular formula is C28H35ClF3N5O3S. The van der Waals surface area contributed by atoms with Gasteiger partial charge in [-0.2, -0.15) is 13.2 Å². The van der Waals surface area contributed by atoms with Crippen molar-refractivity contribution in [3.05, 3.63) is 35.2 Å². The van der Waals surface area contributed by atoms with E-state index < -0.39 is 41.7 Å². The summed E-state index contributed by atoms with van der Waals surface area (Å²) in [6.07, 6.45) is -5.14. The number of hydrogen-bond acceptors (Lipinski definition) is 8. The molecule has 3 aliphatic heterocycles. The zero-order valence-electron chi connectivity index (χ0n) is 23.2. The van der Waals surface area contributed by atoms with Gasteiger partial charge < -0.3 is 19.4 Å². The average molecular weight is 614 g/mol. The number of rotatable bonds is 8. The molecule has 3 aliphatic rings. The molecule has 13 heteroatoms. The zero-order chi connectivity index (χ0) is 29.5. The van der Waals surface area contributed by atoms with Gasteiger partial charge in [-0.15, -0.1) is 22.9 Å². The Bertz CT molecular complexity index is 1240. The summed E-state index contributed by atoms with van der Waals surface area (Å²) in [6.45, 7) is 7.23. The molecule has 2 aromatic rings. The molecule has 3 fully saturated rings. The molecule has 1 aromatic heterocycles. The van der Waals surface area contributed by atoms with Crippen LogP contribution in [0.25, 0.3) is 11.3 Å². The fourth-order valence-electron chi connectivity index (χ4n) is 5.70. The second kappa shape index (κ2) is 12.2. The Hall–Kier alpha value is -2.25. The highest BCUT2D eigenvalue weighted by molar-refractivity contribution is 7.14. The molecule has 1 aromatic carbocycles. The van der Waals surface area contributed by atoms with Gasteiger partial charge in [0.25, 0.3) is 0 Å². The van der Waals surface area contributed by atoms with Crippen molar-refractivity contribution in [3.63, 3.8) is 0 Å². The Balaban J connectivity index is 1.34. The van der Waals surface area contributed by atoms with E-state index in [1.165, 1.54) is 28.4 Å². The van der Waals surface area contributed by atoms with Crippen molar-refractivity contribution in [1.82, 2.24) is 20.1 Å². The molecule has 0 radical (unpaired) electrons. The van der Waals surface area contributed by atoms with Gasteiger partial charge in [0.15, 0.2) is 10.9 Å². The standard InChI is InChI=1S/C28H35ClF3N5O3S/c1-16(2)12-20(26(39)37-13-19(29)24-23(37)22(38)14-40-24)33-25(28(30,31)32)18-6-4-17(5-7-18)21-15-41-27(34-21)36-10-8-35(3)9-11-36/h4-7,15-16,19-20,23-25,33H,8-14H2,1-3H3. The smallest absolute Gasteiger partial charge is 0.366 e. The van der Waals surface area contributed by atoms with E-state index in [-0.39, 0.29) is 36.8 Å². The van der Waals surface area contributed by atoms with Gasteiger partial charge in [0.2, 0.25) is 5.91 Å². The van der Waals surface area contributed by atoms with Gasteiger partial charge in [-0.3, -0.25) is 14.9 Å². The van der Waals surface area contributed by atoms with Gasteiger partial charge in [0.1, 0.15) is 24.8 Å². The molecule has 41 heavy (non-hydrogen) atoms. The van der Waals surface area contributed by atoms with E-state index in [0.717, 1.165) is 36.9 Å². The number of carbonyl (C=O) groups excluding carboxylic acids is 2. The molecule has 5 atom stereocenters. The summed E-state index contributed by atoms with van der Waals surface area (Å²) in [4.78, 5) is 36.6. The highest BCUT2D eigenvalue weighted by Gasteiger charge is 2.53.